The maximum atomic E-state index is 13.5. The van der Waals surface area contributed by atoms with Crippen molar-refractivity contribution in [1.29, 1.82) is 0 Å². The van der Waals surface area contributed by atoms with Gasteiger partial charge in [-0.1, -0.05) is 80.1 Å². The van der Waals surface area contributed by atoms with Gasteiger partial charge in [-0.05, 0) is 41.8 Å². The lowest BCUT2D eigenvalue weighted by molar-refractivity contribution is -0.142. The first-order chi connectivity index (χ1) is 19.2. The molecule has 0 aromatic heterocycles. The number of carbonyl (C=O) groups excluding carboxylic acids is 3. The first kappa shape index (κ1) is 30.3. The fourth-order valence-corrected chi connectivity index (χ4v) is 5.55. The van der Waals surface area contributed by atoms with Gasteiger partial charge >= 0.3 is 5.97 Å². The molecule has 0 saturated heterocycles. The first-order valence-corrected chi connectivity index (χ1v) is 14.5. The van der Waals surface area contributed by atoms with Gasteiger partial charge in [0.15, 0.2) is 0 Å². The number of esters is 1. The highest BCUT2D eigenvalue weighted by atomic mass is 32.2. The lowest BCUT2D eigenvalue weighted by Crippen LogP contribution is -2.45. The van der Waals surface area contributed by atoms with Crippen LogP contribution in [0.5, 0.6) is 0 Å². The monoisotopic (exact) mass is 562 g/mol. The fourth-order valence-electron chi connectivity index (χ4n) is 4.01. The van der Waals surface area contributed by atoms with E-state index in [4.69, 9.17) is 0 Å². The first-order valence-electron chi connectivity index (χ1n) is 13.1. The van der Waals surface area contributed by atoms with E-state index in [9.17, 15) is 22.8 Å². The molecule has 0 aliphatic rings. The fraction of sp³-hybridized carbons (Fsp3) is 0.258. The predicted molar refractivity (Wildman–Crippen MR) is 155 cm³/mol. The van der Waals surface area contributed by atoms with E-state index < -0.39 is 33.7 Å². The van der Waals surface area contributed by atoms with Gasteiger partial charge in [0, 0.05) is 18.5 Å². The van der Waals surface area contributed by atoms with Gasteiger partial charge in [0.2, 0.25) is 21.7 Å². The van der Waals surface area contributed by atoms with Crippen LogP contribution in [0, 0.1) is 0 Å². The third kappa shape index (κ3) is 8.64. The van der Waals surface area contributed by atoms with E-state index in [0.29, 0.717) is 17.7 Å². The van der Waals surface area contributed by atoms with Crippen molar-refractivity contribution in [2.24, 2.45) is 0 Å². The van der Waals surface area contributed by atoms with Crippen LogP contribution >= 0.6 is 0 Å². The lowest BCUT2D eigenvalue weighted by Gasteiger charge is -2.19. The highest BCUT2D eigenvalue weighted by Crippen LogP contribution is 2.30. The van der Waals surface area contributed by atoms with E-state index in [1.807, 2.05) is 37.3 Å². The van der Waals surface area contributed by atoms with Gasteiger partial charge in [-0.15, -0.1) is 0 Å². The third-order valence-corrected chi connectivity index (χ3v) is 7.97. The van der Waals surface area contributed by atoms with Gasteiger partial charge in [0.1, 0.15) is 6.04 Å². The van der Waals surface area contributed by atoms with Crippen LogP contribution in [0.25, 0.3) is 4.91 Å². The van der Waals surface area contributed by atoms with Gasteiger partial charge < -0.3 is 15.4 Å². The van der Waals surface area contributed by atoms with Crippen molar-refractivity contribution in [2.75, 3.05) is 12.4 Å². The SMILES string of the molecule is CCCC=C(c1cccc(NC(=O)[C@H](Cc2ccccc2)NC(=O)CCC(=O)OC)c1)S(=O)(=O)c1ccccc1. The number of sulfone groups is 1. The van der Waals surface area contributed by atoms with E-state index in [0.717, 1.165) is 12.0 Å². The number of nitrogens with one attached hydrogen (secondary N) is 2. The van der Waals surface area contributed by atoms with Crippen LogP contribution in [-0.4, -0.2) is 39.4 Å². The average Bonchev–Trinajstić information content (AvgIpc) is 2.97. The van der Waals surface area contributed by atoms with Crippen molar-refractivity contribution in [1.82, 2.24) is 5.32 Å². The van der Waals surface area contributed by atoms with Gasteiger partial charge in [-0.3, -0.25) is 14.4 Å². The Morgan fingerprint density at radius 2 is 1.57 bits per heavy atom. The average molecular weight is 563 g/mol. The number of unbranched alkanes of at least 4 members (excludes halogenated alkanes) is 1. The van der Waals surface area contributed by atoms with Crippen molar-refractivity contribution in [3.05, 3.63) is 102 Å². The summed E-state index contributed by atoms with van der Waals surface area (Å²) in [6.07, 6.45) is 3.02. The molecule has 0 fully saturated rings. The molecule has 0 heterocycles. The second-order valence-electron chi connectivity index (χ2n) is 9.13. The van der Waals surface area contributed by atoms with E-state index in [1.54, 1.807) is 60.7 Å². The molecule has 3 aromatic carbocycles. The summed E-state index contributed by atoms with van der Waals surface area (Å²) in [7, 11) is -2.56. The Morgan fingerprint density at radius 1 is 0.900 bits per heavy atom. The largest absolute Gasteiger partial charge is 0.469 e. The normalized spacial score (nSPS) is 12.3. The molecule has 2 amide bonds. The summed E-state index contributed by atoms with van der Waals surface area (Å²) in [5.41, 5.74) is 1.66. The number of hydrogen-bond donors (Lipinski definition) is 2. The minimum Gasteiger partial charge on any atom is -0.469 e. The van der Waals surface area contributed by atoms with Crippen LogP contribution in [-0.2, 0) is 35.4 Å². The Balaban J connectivity index is 1.86. The Kier molecular flexibility index (Phi) is 11.2. The lowest BCUT2D eigenvalue weighted by atomic mass is 10.0. The van der Waals surface area contributed by atoms with Crippen LogP contribution < -0.4 is 10.6 Å². The standard InChI is InChI=1S/C31H34N2O6S/c1-3-4-18-28(40(37,38)26-16-9-6-10-17-26)24-14-11-15-25(22-24)32-31(36)27(21-23-12-7-5-8-13-23)33-29(34)19-20-30(35)39-2/h5-18,22,27H,3-4,19-21H2,1-2H3,(H,32,36)(H,33,34)/t27-/m0/s1. The van der Waals surface area contributed by atoms with Crippen LogP contribution in [0.15, 0.2) is 95.9 Å². The van der Waals surface area contributed by atoms with Crippen LogP contribution in [0.4, 0.5) is 5.69 Å². The number of hydrogen-bond acceptors (Lipinski definition) is 6. The molecule has 0 unspecified atom stereocenters. The summed E-state index contributed by atoms with van der Waals surface area (Å²) in [6.45, 7) is 1.96. The van der Waals surface area contributed by atoms with E-state index in [-0.39, 0.29) is 29.1 Å². The molecule has 0 bridgehead atoms. The number of amides is 2. The van der Waals surface area contributed by atoms with E-state index in [2.05, 4.69) is 15.4 Å². The molecule has 1 atom stereocenters. The van der Waals surface area contributed by atoms with Gasteiger partial charge in [-0.25, -0.2) is 8.42 Å². The van der Waals surface area contributed by atoms with Crippen molar-refractivity contribution in [3.8, 4) is 0 Å². The minimum atomic E-state index is -3.81. The topological polar surface area (TPSA) is 119 Å². The number of carbonyl (C=O) groups is 3. The molecule has 0 saturated carbocycles. The zero-order valence-corrected chi connectivity index (χ0v) is 23.4. The molecule has 40 heavy (non-hydrogen) atoms. The van der Waals surface area contributed by atoms with Crippen molar-refractivity contribution < 1.29 is 27.5 Å². The van der Waals surface area contributed by atoms with Crippen LogP contribution in [0.1, 0.15) is 43.7 Å². The van der Waals surface area contributed by atoms with Gasteiger partial charge in [0.05, 0.1) is 23.3 Å². The predicted octanol–water partition coefficient (Wildman–Crippen LogP) is 4.92. The Labute approximate surface area is 235 Å². The highest BCUT2D eigenvalue weighted by molar-refractivity contribution is 8.00. The summed E-state index contributed by atoms with van der Waals surface area (Å²) in [4.78, 5) is 37.7. The summed E-state index contributed by atoms with van der Waals surface area (Å²) >= 11 is 0. The minimum absolute atomic E-state index is 0.104. The van der Waals surface area contributed by atoms with Crippen LogP contribution in [0.3, 0.4) is 0 Å². The zero-order chi connectivity index (χ0) is 29.0. The number of methoxy groups -OCH3 is 1. The van der Waals surface area contributed by atoms with Crippen molar-refractivity contribution >= 4 is 38.2 Å². The Morgan fingerprint density at radius 3 is 2.23 bits per heavy atom. The molecule has 2 N–H and O–H groups in total. The van der Waals surface area contributed by atoms with Gasteiger partial charge in [0.25, 0.3) is 0 Å². The molecule has 3 aromatic rings. The molecule has 9 heteroatoms. The molecule has 0 radical (unpaired) electrons. The molecule has 0 spiro atoms. The summed E-state index contributed by atoms with van der Waals surface area (Å²) < 4.78 is 31.6. The summed E-state index contributed by atoms with van der Waals surface area (Å²) in [5, 5.41) is 5.53. The Hall–Kier alpha value is -4.24. The maximum Gasteiger partial charge on any atom is 0.306 e. The molecular formula is C31H34N2O6S. The Bertz CT molecular complexity index is 1440. The molecule has 210 valence electrons. The van der Waals surface area contributed by atoms with Crippen LogP contribution in [0.2, 0.25) is 0 Å². The summed E-state index contributed by atoms with van der Waals surface area (Å²) in [6, 6.07) is 23.1. The smallest absolute Gasteiger partial charge is 0.306 e. The second kappa shape index (κ2) is 14.8. The number of allylic oxidation sites excluding steroid dienone is 1. The van der Waals surface area contributed by atoms with E-state index in [1.165, 1.54) is 7.11 Å². The summed E-state index contributed by atoms with van der Waals surface area (Å²) in [5.74, 6) is -1.46. The van der Waals surface area contributed by atoms with E-state index >= 15 is 0 Å². The maximum absolute atomic E-state index is 13.5. The quantitative estimate of drug-likeness (QED) is 0.286. The second-order valence-corrected chi connectivity index (χ2v) is 11.0. The molecule has 0 aliphatic carbocycles. The zero-order valence-electron chi connectivity index (χ0n) is 22.6. The molecule has 3 rings (SSSR count). The number of rotatable bonds is 13. The third-order valence-electron chi connectivity index (χ3n) is 6.09. The van der Waals surface area contributed by atoms with Crippen molar-refractivity contribution in [2.45, 2.75) is 50.0 Å². The number of anilines is 1. The molecule has 8 nitrogen and oxygen atoms in total. The number of benzene rings is 3. The molecular weight excluding hydrogens is 528 g/mol. The number of ether oxygens (including phenoxy) is 1. The van der Waals surface area contributed by atoms with Gasteiger partial charge in [-0.2, -0.15) is 0 Å². The highest BCUT2D eigenvalue weighted by Gasteiger charge is 2.24. The molecule has 0 aliphatic heterocycles. The van der Waals surface area contributed by atoms with Crippen molar-refractivity contribution in [3.63, 3.8) is 0 Å².